The van der Waals surface area contributed by atoms with Gasteiger partial charge in [0, 0.05) is 49.5 Å². The number of allylic oxidation sites excluding steroid dienone is 1. The van der Waals surface area contributed by atoms with Crippen LogP contribution < -0.4 is 5.32 Å². The zero-order chi connectivity index (χ0) is 46.2. The third kappa shape index (κ3) is 15.5. The van der Waals surface area contributed by atoms with Crippen LogP contribution in [0.2, 0.25) is 0 Å². The lowest BCUT2D eigenvalue weighted by Gasteiger charge is -2.58. The molecule has 0 aromatic carbocycles. The number of rotatable bonds is 29. The number of ketones is 1. The molecule has 1 aromatic heterocycles. The first kappa shape index (κ1) is 52.9. The number of nitrogens with one attached hydrogen (secondary N) is 1. The van der Waals surface area contributed by atoms with Gasteiger partial charge in [0.15, 0.2) is 0 Å². The molecule has 0 radical (unpaired) electrons. The lowest BCUT2D eigenvalue weighted by atomic mass is 9.47. The summed E-state index contributed by atoms with van der Waals surface area (Å²) in [5.74, 6) is 6.57. The minimum Gasteiger partial charge on any atom is -0.466 e. The molecule has 5 rings (SSSR count). The van der Waals surface area contributed by atoms with Crippen LogP contribution in [0.4, 0.5) is 4.79 Å². The van der Waals surface area contributed by atoms with Crippen LogP contribution >= 0.6 is 21.6 Å². The number of nitrogens with zero attached hydrogens (tertiary/aromatic N) is 3. The summed E-state index contributed by atoms with van der Waals surface area (Å²) in [5, 5.41) is 11.4. The highest BCUT2D eigenvalue weighted by molar-refractivity contribution is 8.76. The number of hydrogen-bond acceptors (Lipinski definition) is 11. The number of alkyl carbamates (subject to hydrolysis) is 1. The van der Waals surface area contributed by atoms with Crippen LogP contribution in [0.25, 0.3) is 0 Å². The van der Waals surface area contributed by atoms with Crippen LogP contribution in [0.5, 0.6) is 0 Å². The third-order valence-corrected chi connectivity index (χ3v) is 18.7. The van der Waals surface area contributed by atoms with E-state index in [1.54, 1.807) is 16.4 Å². The molecule has 1 unspecified atom stereocenters. The van der Waals surface area contributed by atoms with Crippen LogP contribution in [0, 0.1) is 51.8 Å². The monoisotopic (exact) mass is 931 g/mol. The van der Waals surface area contributed by atoms with E-state index in [1.165, 1.54) is 58.3 Å². The van der Waals surface area contributed by atoms with Gasteiger partial charge in [0.2, 0.25) is 0 Å². The molecule has 4 aliphatic carbocycles. The van der Waals surface area contributed by atoms with Gasteiger partial charge in [0.25, 0.3) is 0 Å². The average molecular weight is 931 g/mol. The van der Waals surface area contributed by atoms with E-state index in [2.05, 4.69) is 70.2 Å². The van der Waals surface area contributed by atoms with E-state index in [9.17, 15) is 14.4 Å². The van der Waals surface area contributed by atoms with Gasteiger partial charge in [-0.25, -0.2) is 4.79 Å². The molecule has 1 N–H and O–H groups in total. The van der Waals surface area contributed by atoms with Crippen molar-refractivity contribution in [3.8, 4) is 0 Å². The Labute approximate surface area is 395 Å². The normalized spacial score (nSPS) is 27.8. The van der Waals surface area contributed by atoms with E-state index in [0.717, 1.165) is 111 Å². The highest BCUT2D eigenvalue weighted by Gasteiger charge is 2.59. The SMILES string of the molecule is CCC(C)(COCCCCn1cc(COCCNC(=O)O[C@H]2CC[C@@]3(C)C(=CC[C@H]4[C@@H]5CC[C@H]([C@H](C)CCCC(C)C)[C@@]5(C)CC[C@@H]43)C2)nn1)CSSCCCOC(=O)CCC(C)=O. The van der Waals surface area contributed by atoms with Gasteiger partial charge in [-0.1, -0.05) is 106 Å². The molecule has 1 heterocycles. The predicted molar refractivity (Wildman–Crippen MR) is 260 cm³/mol. The fourth-order valence-electron chi connectivity index (χ4n) is 11.8. The van der Waals surface area contributed by atoms with E-state index in [1.807, 2.05) is 21.7 Å². The summed E-state index contributed by atoms with van der Waals surface area (Å²) >= 11 is 0. The summed E-state index contributed by atoms with van der Waals surface area (Å²) in [5.41, 5.74) is 3.17. The zero-order valence-corrected chi connectivity index (χ0v) is 42.7. The number of Topliss-reactive ketones (excluding diaryl/α,β-unsaturated/α-hetero) is 1. The second-order valence-electron chi connectivity index (χ2n) is 21.3. The summed E-state index contributed by atoms with van der Waals surface area (Å²) in [7, 11) is 3.65. The molecule has 9 atom stereocenters. The lowest BCUT2D eigenvalue weighted by Crippen LogP contribution is -2.51. The van der Waals surface area contributed by atoms with Gasteiger partial charge >= 0.3 is 12.1 Å². The van der Waals surface area contributed by atoms with Crippen molar-refractivity contribution in [3.63, 3.8) is 0 Å². The van der Waals surface area contributed by atoms with Gasteiger partial charge in [-0.15, -0.1) is 5.10 Å². The van der Waals surface area contributed by atoms with Crippen molar-refractivity contribution in [2.75, 3.05) is 44.5 Å². The van der Waals surface area contributed by atoms with E-state index in [4.69, 9.17) is 18.9 Å². The topological polar surface area (TPSA) is 131 Å². The molecular formula is C51H86N4O7S2. The first-order valence-electron chi connectivity index (χ1n) is 25.2. The minimum atomic E-state index is -0.348. The van der Waals surface area contributed by atoms with Crippen LogP contribution in [0.3, 0.4) is 0 Å². The molecule has 364 valence electrons. The number of fused-ring (bicyclic) bond motifs is 5. The largest absolute Gasteiger partial charge is 0.466 e. The van der Waals surface area contributed by atoms with E-state index < -0.39 is 0 Å². The fraction of sp³-hybridized carbons (Fsp3) is 0.863. The first-order chi connectivity index (χ1) is 30.7. The lowest BCUT2D eigenvalue weighted by molar-refractivity contribution is -0.144. The zero-order valence-electron chi connectivity index (χ0n) is 41.1. The Morgan fingerprint density at radius 3 is 2.56 bits per heavy atom. The van der Waals surface area contributed by atoms with Gasteiger partial charge < -0.3 is 29.1 Å². The van der Waals surface area contributed by atoms with E-state index >= 15 is 0 Å². The Bertz CT molecular complexity index is 1640. The van der Waals surface area contributed by atoms with Crippen molar-refractivity contribution >= 4 is 39.4 Å². The number of hydrogen-bond donors (Lipinski definition) is 1. The van der Waals surface area contributed by atoms with Crippen molar-refractivity contribution in [2.24, 2.45) is 51.8 Å². The van der Waals surface area contributed by atoms with Gasteiger partial charge in [0.05, 0.1) is 39.0 Å². The maximum absolute atomic E-state index is 12.9. The molecule has 0 spiro atoms. The van der Waals surface area contributed by atoms with Gasteiger partial charge in [-0.05, 0) is 124 Å². The number of carbonyl (C=O) groups is 3. The van der Waals surface area contributed by atoms with Crippen LogP contribution in [-0.2, 0) is 41.7 Å². The average Bonchev–Trinajstić information content (AvgIpc) is 3.87. The van der Waals surface area contributed by atoms with Crippen LogP contribution in [-0.4, -0.2) is 83.4 Å². The highest BCUT2D eigenvalue weighted by Crippen LogP contribution is 2.67. The minimum absolute atomic E-state index is 0.00782. The van der Waals surface area contributed by atoms with Crippen molar-refractivity contribution in [3.05, 3.63) is 23.5 Å². The van der Waals surface area contributed by atoms with Crippen molar-refractivity contribution < 1.29 is 33.3 Å². The maximum atomic E-state index is 12.9. The summed E-state index contributed by atoms with van der Waals surface area (Å²) in [6, 6.07) is 0. The fourth-order valence-corrected chi connectivity index (χ4v) is 14.6. The van der Waals surface area contributed by atoms with Crippen LogP contribution in [0.1, 0.15) is 170 Å². The molecule has 64 heavy (non-hydrogen) atoms. The number of unbranched alkanes of at least 4 members (excludes halogenated alkanes) is 1. The first-order valence-corrected chi connectivity index (χ1v) is 27.7. The number of esters is 1. The molecule has 0 aliphatic heterocycles. The standard InChI is InChI=1S/C51H86N4O7S2/c1-9-49(6,36-64-63-31-13-29-61-47(57)21-16-39(5)56)35-60-28-11-10-27-55-33-41(53-54-55)34-59-30-26-52-48(58)62-42-22-24-50(7)40(32-42)17-18-43-45-20-19-44(38(4)15-12-14-37(2)3)51(45,8)25-23-46(43)50/h17,33,37-38,42-46H,9-16,18-32,34-36H2,1-8H3,(H,52,58)/t38-,42+,43+,44-,45+,46+,49?,50+,51-/m1/s1. The molecule has 3 saturated carbocycles. The van der Waals surface area contributed by atoms with Gasteiger partial charge in [-0.3, -0.25) is 9.48 Å². The number of amides is 1. The third-order valence-electron chi connectivity index (χ3n) is 15.9. The summed E-state index contributed by atoms with van der Waals surface area (Å²) in [6.45, 7) is 22.2. The van der Waals surface area contributed by atoms with Crippen molar-refractivity contribution in [1.29, 1.82) is 0 Å². The number of aryl methyl sites for hydroxylation is 1. The van der Waals surface area contributed by atoms with Crippen LogP contribution in [0.15, 0.2) is 17.8 Å². The Morgan fingerprint density at radius 1 is 0.953 bits per heavy atom. The quantitative estimate of drug-likeness (QED) is 0.0356. The smallest absolute Gasteiger partial charge is 0.407 e. The number of ether oxygens (including phenoxy) is 4. The number of carbonyl (C=O) groups excluding carboxylic acids is 3. The molecule has 4 aliphatic rings. The summed E-state index contributed by atoms with van der Waals surface area (Å²) in [6.07, 6.45) is 22.1. The molecule has 13 heteroatoms. The maximum Gasteiger partial charge on any atom is 0.407 e. The molecule has 0 saturated heterocycles. The van der Waals surface area contributed by atoms with E-state index in [-0.39, 0.29) is 47.6 Å². The second kappa shape index (κ2) is 25.9. The highest BCUT2D eigenvalue weighted by atomic mass is 33.1. The molecule has 1 amide bonds. The number of aromatic nitrogens is 3. The molecule has 11 nitrogen and oxygen atoms in total. The van der Waals surface area contributed by atoms with Crippen molar-refractivity contribution in [2.45, 2.75) is 184 Å². The Morgan fingerprint density at radius 2 is 1.78 bits per heavy atom. The molecular weight excluding hydrogens is 845 g/mol. The molecule has 1 aromatic rings. The summed E-state index contributed by atoms with van der Waals surface area (Å²) < 4.78 is 25.0. The Kier molecular flexibility index (Phi) is 21.4. The summed E-state index contributed by atoms with van der Waals surface area (Å²) in [4.78, 5) is 35.5. The predicted octanol–water partition coefficient (Wildman–Crippen LogP) is 11.8. The van der Waals surface area contributed by atoms with Gasteiger partial charge in [-0.2, -0.15) is 0 Å². The molecule has 0 bridgehead atoms. The van der Waals surface area contributed by atoms with E-state index in [0.29, 0.717) is 38.4 Å². The molecule has 3 fully saturated rings. The Balaban J connectivity index is 0.893. The van der Waals surface area contributed by atoms with Gasteiger partial charge in [0.1, 0.15) is 17.6 Å². The second-order valence-corrected chi connectivity index (χ2v) is 23.9. The Hall–Kier alpha value is -2.09. The van der Waals surface area contributed by atoms with Crippen molar-refractivity contribution in [1.82, 2.24) is 20.3 Å².